The Morgan fingerprint density at radius 3 is 2.55 bits per heavy atom. The average Bonchev–Trinajstić information content (AvgIpc) is 2.54. The van der Waals surface area contributed by atoms with E-state index in [9.17, 15) is 4.79 Å². The molecule has 0 aliphatic carbocycles. The predicted octanol–water partition coefficient (Wildman–Crippen LogP) is 1.19. The third kappa shape index (κ3) is 3.97. The zero-order valence-corrected chi connectivity index (χ0v) is 13.5. The van der Waals surface area contributed by atoms with E-state index < -0.39 is 0 Å². The smallest absolute Gasteiger partial charge is 0.242 e. The van der Waals surface area contributed by atoms with Crippen LogP contribution in [0.4, 0.5) is 11.4 Å². The largest absolute Gasteiger partial charge is 0.388 e. The topological polar surface area (TPSA) is 62.8 Å². The second-order valence-corrected chi connectivity index (χ2v) is 5.35. The number of ether oxygens (including phenoxy) is 2. The Morgan fingerprint density at radius 1 is 1.27 bits per heavy atom. The van der Waals surface area contributed by atoms with Crippen molar-refractivity contribution in [3.8, 4) is 0 Å². The quantitative estimate of drug-likeness (QED) is 0.755. The summed E-state index contributed by atoms with van der Waals surface area (Å²) in [5.74, 6) is 0.0351. The lowest BCUT2D eigenvalue weighted by Crippen LogP contribution is -2.50. The maximum atomic E-state index is 12.5. The number of amides is 1. The number of benzene rings is 1. The summed E-state index contributed by atoms with van der Waals surface area (Å²) >= 11 is 0. The van der Waals surface area contributed by atoms with E-state index in [1.54, 1.807) is 14.2 Å². The highest BCUT2D eigenvalue weighted by atomic mass is 16.5. The SMILES string of the molecule is CNc1ccc2c(c1)NC(=O)C(N(CCOC)CCOC)C2. The van der Waals surface area contributed by atoms with Gasteiger partial charge in [0.2, 0.25) is 5.91 Å². The molecule has 6 heteroatoms. The lowest BCUT2D eigenvalue weighted by Gasteiger charge is -2.34. The second kappa shape index (κ2) is 8.12. The molecule has 0 bridgehead atoms. The zero-order valence-electron chi connectivity index (χ0n) is 13.5. The van der Waals surface area contributed by atoms with E-state index in [2.05, 4.69) is 21.6 Å². The Labute approximate surface area is 131 Å². The van der Waals surface area contributed by atoms with Gasteiger partial charge in [-0.3, -0.25) is 9.69 Å². The molecule has 1 aliphatic heterocycles. The lowest BCUT2D eigenvalue weighted by molar-refractivity contribution is -0.122. The zero-order chi connectivity index (χ0) is 15.9. The molecule has 0 aromatic heterocycles. The molecule has 2 N–H and O–H groups in total. The van der Waals surface area contributed by atoms with Crippen LogP contribution in [-0.4, -0.2) is 64.4 Å². The number of rotatable bonds is 8. The van der Waals surface area contributed by atoms with E-state index in [0.717, 1.165) is 16.9 Å². The molecule has 22 heavy (non-hydrogen) atoms. The normalized spacial score (nSPS) is 17.3. The molecule has 2 rings (SSSR count). The van der Waals surface area contributed by atoms with E-state index in [-0.39, 0.29) is 11.9 Å². The maximum Gasteiger partial charge on any atom is 0.242 e. The summed E-state index contributed by atoms with van der Waals surface area (Å²) in [5.41, 5.74) is 3.04. The van der Waals surface area contributed by atoms with Crippen molar-refractivity contribution in [2.24, 2.45) is 0 Å². The molecule has 0 fully saturated rings. The van der Waals surface area contributed by atoms with E-state index in [4.69, 9.17) is 9.47 Å². The number of anilines is 2. The fraction of sp³-hybridized carbons (Fsp3) is 0.562. The summed E-state index contributed by atoms with van der Waals surface area (Å²) in [6, 6.07) is 5.89. The van der Waals surface area contributed by atoms with E-state index in [1.165, 1.54) is 0 Å². The van der Waals surface area contributed by atoms with Crippen molar-refractivity contribution in [3.05, 3.63) is 23.8 Å². The van der Waals surface area contributed by atoms with Crippen molar-refractivity contribution in [1.82, 2.24) is 4.90 Å². The van der Waals surface area contributed by atoms with Gasteiger partial charge in [-0.2, -0.15) is 0 Å². The van der Waals surface area contributed by atoms with Crippen LogP contribution in [0, 0.1) is 0 Å². The number of nitrogens with one attached hydrogen (secondary N) is 2. The monoisotopic (exact) mass is 307 g/mol. The number of methoxy groups -OCH3 is 2. The Hall–Kier alpha value is -1.63. The molecular weight excluding hydrogens is 282 g/mol. The van der Waals surface area contributed by atoms with Gasteiger partial charge in [0.05, 0.1) is 19.3 Å². The van der Waals surface area contributed by atoms with Crippen molar-refractivity contribution in [3.63, 3.8) is 0 Å². The van der Waals surface area contributed by atoms with Crippen LogP contribution in [0.2, 0.25) is 0 Å². The van der Waals surface area contributed by atoms with Gasteiger partial charge < -0.3 is 20.1 Å². The molecule has 1 unspecified atom stereocenters. The van der Waals surface area contributed by atoms with Crippen molar-refractivity contribution in [1.29, 1.82) is 0 Å². The molecule has 0 radical (unpaired) electrons. The van der Waals surface area contributed by atoms with Gasteiger partial charge in [-0.25, -0.2) is 0 Å². The standard InChI is InChI=1S/C16H25N3O3/c1-17-13-5-4-12-10-15(16(20)18-14(12)11-13)19(6-8-21-2)7-9-22-3/h4-5,11,15,17H,6-10H2,1-3H3,(H,18,20). The molecule has 0 saturated carbocycles. The van der Waals surface area contributed by atoms with Gasteiger partial charge >= 0.3 is 0 Å². The molecule has 0 saturated heterocycles. The van der Waals surface area contributed by atoms with Crippen LogP contribution in [0.1, 0.15) is 5.56 Å². The number of fused-ring (bicyclic) bond motifs is 1. The Kier molecular flexibility index (Phi) is 6.18. The minimum absolute atomic E-state index is 0.0351. The van der Waals surface area contributed by atoms with Gasteiger partial charge in [0, 0.05) is 45.7 Å². The summed E-state index contributed by atoms with van der Waals surface area (Å²) < 4.78 is 10.3. The minimum Gasteiger partial charge on any atom is -0.388 e. The Bertz CT molecular complexity index is 499. The number of nitrogens with zero attached hydrogens (tertiary/aromatic N) is 1. The fourth-order valence-corrected chi connectivity index (χ4v) is 2.68. The van der Waals surface area contributed by atoms with Crippen LogP contribution >= 0.6 is 0 Å². The van der Waals surface area contributed by atoms with Crippen LogP contribution in [0.5, 0.6) is 0 Å². The summed E-state index contributed by atoms with van der Waals surface area (Å²) in [6.07, 6.45) is 0.707. The van der Waals surface area contributed by atoms with Crippen molar-refractivity contribution in [2.45, 2.75) is 12.5 Å². The summed E-state index contributed by atoms with van der Waals surface area (Å²) in [7, 11) is 5.21. The lowest BCUT2D eigenvalue weighted by atomic mass is 9.97. The number of carbonyl (C=O) groups is 1. The Balaban J connectivity index is 2.14. The van der Waals surface area contributed by atoms with Crippen LogP contribution in [-0.2, 0) is 20.7 Å². The van der Waals surface area contributed by atoms with Crippen molar-refractivity contribution in [2.75, 3.05) is 58.2 Å². The van der Waals surface area contributed by atoms with Crippen molar-refractivity contribution >= 4 is 17.3 Å². The van der Waals surface area contributed by atoms with Gasteiger partial charge in [0.25, 0.3) is 0 Å². The third-order valence-electron chi connectivity index (χ3n) is 3.98. The summed E-state index contributed by atoms with van der Waals surface area (Å²) in [6.45, 7) is 2.61. The third-order valence-corrected chi connectivity index (χ3v) is 3.98. The first-order valence-corrected chi connectivity index (χ1v) is 7.53. The highest BCUT2D eigenvalue weighted by Gasteiger charge is 2.31. The van der Waals surface area contributed by atoms with E-state index >= 15 is 0 Å². The maximum absolute atomic E-state index is 12.5. The molecule has 1 amide bonds. The molecule has 0 spiro atoms. The second-order valence-electron chi connectivity index (χ2n) is 5.35. The van der Waals surface area contributed by atoms with Gasteiger partial charge in [-0.05, 0) is 24.1 Å². The first-order chi connectivity index (χ1) is 10.7. The minimum atomic E-state index is -0.182. The molecule has 1 aliphatic rings. The molecule has 1 aromatic rings. The molecular formula is C16H25N3O3. The summed E-state index contributed by atoms with van der Waals surface area (Å²) in [4.78, 5) is 14.6. The van der Waals surface area contributed by atoms with Gasteiger partial charge in [0.1, 0.15) is 0 Å². The van der Waals surface area contributed by atoms with E-state index in [1.807, 2.05) is 19.2 Å². The number of hydrogen-bond acceptors (Lipinski definition) is 5. The Morgan fingerprint density at radius 2 is 1.95 bits per heavy atom. The fourth-order valence-electron chi connectivity index (χ4n) is 2.68. The van der Waals surface area contributed by atoms with Gasteiger partial charge in [-0.1, -0.05) is 6.07 Å². The van der Waals surface area contributed by atoms with Crippen LogP contribution < -0.4 is 10.6 Å². The molecule has 6 nitrogen and oxygen atoms in total. The van der Waals surface area contributed by atoms with Crippen LogP contribution in [0.3, 0.4) is 0 Å². The number of carbonyl (C=O) groups excluding carboxylic acids is 1. The van der Waals surface area contributed by atoms with Gasteiger partial charge in [0.15, 0.2) is 0 Å². The highest BCUT2D eigenvalue weighted by Crippen LogP contribution is 2.27. The predicted molar refractivity (Wildman–Crippen MR) is 87.4 cm³/mol. The van der Waals surface area contributed by atoms with Gasteiger partial charge in [-0.15, -0.1) is 0 Å². The first kappa shape index (κ1) is 16.7. The van der Waals surface area contributed by atoms with Crippen molar-refractivity contribution < 1.29 is 14.3 Å². The number of hydrogen-bond donors (Lipinski definition) is 2. The molecule has 122 valence electrons. The van der Waals surface area contributed by atoms with Crippen LogP contribution in [0.15, 0.2) is 18.2 Å². The van der Waals surface area contributed by atoms with Crippen LogP contribution in [0.25, 0.3) is 0 Å². The molecule has 1 heterocycles. The molecule has 1 atom stereocenters. The average molecular weight is 307 g/mol. The molecule has 1 aromatic carbocycles. The van der Waals surface area contributed by atoms with E-state index in [0.29, 0.717) is 32.7 Å². The first-order valence-electron chi connectivity index (χ1n) is 7.53. The summed E-state index contributed by atoms with van der Waals surface area (Å²) in [5, 5.41) is 6.10. The highest BCUT2D eigenvalue weighted by molar-refractivity contribution is 5.98.